The molecule has 1 saturated carbocycles. The van der Waals surface area contributed by atoms with Gasteiger partial charge in [0, 0.05) is 37.3 Å². The van der Waals surface area contributed by atoms with Gasteiger partial charge in [-0.2, -0.15) is 13.2 Å². The highest BCUT2D eigenvalue weighted by molar-refractivity contribution is 5.92. The molecule has 4 rings (SSSR count). The normalized spacial score (nSPS) is 16.2. The minimum atomic E-state index is -5.08. The highest BCUT2D eigenvalue weighted by Crippen LogP contribution is 2.41. The van der Waals surface area contributed by atoms with Crippen LogP contribution in [0.25, 0.3) is 0 Å². The zero-order valence-electron chi connectivity index (χ0n) is 15.4. The van der Waals surface area contributed by atoms with E-state index in [0.717, 1.165) is 25.1 Å². The maximum atomic E-state index is 12.6. The quantitative estimate of drug-likeness (QED) is 0.821. The van der Waals surface area contributed by atoms with Crippen molar-refractivity contribution in [1.82, 2.24) is 19.9 Å². The molecule has 0 unspecified atom stereocenters. The summed E-state index contributed by atoms with van der Waals surface area (Å²) in [5.41, 5.74) is 4.13. The number of rotatable bonds is 2. The lowest BCUT2D eigenvalue weighted by Crippen LogP contribution is -2.33. The van der Waals surface area contributed by atoms with Gasteiger partial charge in [0.15, 0.2) is 0 Å². The van der Waals surface area contributed by atoms with Gasteiger partial charge in [-0.15, -0.1) is 0 Å². The van der Waals surface area contributed by atoms with E-state index in [1.807, 2.05) is 17.0 Å². The molecule has 0 aromatic carbocycles. The lowest BCUT2D eigenvalue weighted by atomic mass is 10.0. The fourth-order valence-corrected chi connectivity index (χ4v) is 3.11. The van der Waals surface area contributed by atoms with Crippen molar-refractivity contribution < 1.29 is 27.9 Å². The van der Waals surface area contributed by atoms with Crippen LogP contribution in [0.3, 0.4) is 0 Å². The van der Waals surface area contributed by atoms with Crippen LogP contribution in [0, 0.1) is 0 Å². The lowest BCUT2D eigenvalue weighted by molar-refractivity contribution is -0.192. The average Bonchev–Trinajstić information content (AvgIpc) is 3.54. The molecule has 3 heterocycles. The monoisotopic (exact) mass is 408 g/mol. The number of carbonyl (C=O) groups excluding carboxylic acids is 1. The van der Waals surface area contributed by atoms with Gasteiger partial charge in [-0.05, 0) is 37.0 Å². The summed E-state index contributed by atoms with van der Waals surface area (Å²) in [6.07, 6.45) is 2.38. The van der Waals surface area contributed by atoms with Gasteiger partial charge in [0.25, 0.3) is 5.91 Å². The van der Waals surface area contributed by atoms with E-state index in [1.165, 1.54) is 24.1 Å². The Bertz CT molecular complexity index is 886. The number of alkyl halides is 3. The molecule has 1 fully saturated rings. The Morgan fingerprint density at radius 1 is 1.07 bits per heavy atom. The second-order valence-electron chi connectivity index (χ2n) is 6.77. The van der Waals surface area contributed by atoms with E-state index in [4.69, 9.17) is 9.90 Å². The Hall–Kier alpha value is -3.04. The minimum absolute atomic E-state index is 0.00865. The topological polar surface area (TPSA) is 96.3 Å². The van der Waals surface area contributed by atoms with E-state index in [9.17, 15) is 18.0 Å². The molecule has 2 aliphatic rings. The number of hydrogen-bond acceptors (Lipinski definition) is 5. The predicted molar refractivity (Wildman–Crippen MR) is 95.2 cm³/mol. The molecule has 10 heteroatoms. The van der Waals surface area contributed by atoms with Crippen LogP contribution in [0.5, 0.6) is 0 Å². The standard InChI is InChI=1S/C17H18N4O.C2HF3O2/c22-17(15-3-1-2-8-18-15)21-9-6-13-14(7-10-21)19-11-20-16(13)12-4-5-12;3-2(4,5)1(6)7/h1-3,8,11-12H,4-7,9-10H2;(H,6,7). The van der Waals surface area contributed by atoms with Crippen molar-refractivity contribution in [3.8, 4) is 0 Å². The number of pyridine rings is 1. The molecule has 7 nitrogen and oxygen atoms in total. The molecule has 0 atom stereocenters. The molecule has 1 aliphatic heterocycles. The van der Waals surface area contributed by atoms with Crippen LogP contribution in [0.15, 0.2) is 30.7 Å². The average molecular weight is 408 g/mol. The third-order valence-electron chi connectivity index (χ3n) is 4.70. The summed E-state index contributed by atoms with van der Waals surface area (Å²) < 4.78 is 31.7. The number of nitrogens with zero attached hydrogens (tertiary/aromatic N) is 4. The summed E-state index contributed by atoms with van der Waals surface area (Å²) in [6.45, 7) is 1.42. The number of aromatic nitrogens is 3. The highest BCUT2D eigenvalue weighted by Gasteiger charge is 2.38. The predicted octanol–water partition coefficient (Wildman–Crippen LogP) is 2.62. The molecular weight excluding hydrogens is 389 g/mol. The number of halogens is 3. The Morgan fingerprint density at radius 2 is 1.76 bits per heavy atom. The largest absolute Gasteiger partial charge is 0.490 e. The fraction of sp³-hybridized carbons (Fsp3) is 0.421. The fourth-order valence-electron chi connectivity index (χ4n) is 3.11. The molecule has 0 saturated heterocycles. The van der Waals surface area contributed by atoms with E-state index in [2.05, 4.69) is 15.0 Å². The molecule has 0 bridgehead atoms. The molecule has 2 aromatic rings. The van der Waals surface area contributed by atoms with Crippen molar-refractivity contribution in [2.75, 3.05) is 13.1 Å². The Kier molecular flexibility index (Phi) is 6.09. The number of hydrogen-bond donors (Lipinski definition) is 1. The molecular formula is C19H19F3N4O3. The van der Waals surface area contributed by atoms with Gasteiger partial charge in [-0.1, -0.05) is 6.07 Å². The first kappa shape index (κ1) is 20.7. The van der Waals surface area contributed by atoms with Crippen LogP contribution in [-0.4, -0.2) is 56.1 Å². The van der Waals surface area contributed by atoms with Crippen LogP contribution in [0.1, 0.15) is 46.2 Å². The summed E-state index contributed by atoms with van der Waals surface area (Å²) in [5, 5.41) is 7.12. The smallest absolute Gasteiger partial charge is 0.475 e. The van der Waals surface area contributed by atoms with Gasteiger partial charge in [-0.3, -0.25) is 9.78 Å². The number of aliphatic carboxylic acids is 1. The van der Waals surface area contributed by atoms with Gasteiger partial charge in [0.1, 0.15) is 12.0 Å². The molecule has 1 N–H and O–H groups in total. The van der Waals surface area contributed by atoms with E-state index in [-0.39, 0.29) is 5.91 Å². The van der Waals surface area contributed by atoms with Gasteiger partial charge in [-0.25, -0.2) is 14.8 Å². The lowest BCUT2D eigenvalue weighted by Gasteiger charge is -2.19. The first-order chi connectivity index (χ1) is 13.8. The number of carboxylic acids is 1. The number of carboxylic acid groups (broad SMARTS) is 1. The summed E-state index contributed by atoms with van der Waals surface area (Å²) in [6, 6.07) is 5.45. The first-order valence-electron chi connectivity index (χ1n) is 9.10. The van der Waals surface area contributed by atoms with E-state index in [1.54, 1.807) is 18.6 Å². The highest BCUT2D eigenvalue weighted by atomic mass is 19.4. The van der Waals surface area contributed by atoms with Gasteiger partial charge in [0.05, 0.1) is 5.69 Å². The van der Waals surface area contributed by atoms with Crippen molar-refractivity contribution in [1.29, 1.82) is 0 Å². The molecule has 1 aliphatic carbocycles. The van der Waals surface area contributed by atoms with Gasteiger partial charge >= 0.3 is 12.1 Å². The zero-order valence-corrected chi connectivity index (χ0v) is 15.4. The second-order valence-corrected chi connectivity index (χ2v) is 6.77. The number of fused-ring (bicyclic) bond motifs is 1. The maximum absolute atomic E-state index is 12.6. The molecule has 2 aromatic heterocycles. The minimum Gasteiger partial charge on any atom is -0.475 e. The van der Waals surface area contributed by atoms with Crippen molar-refractivity contribution >= 4 is 11.9 Å². The van der Waals surface area contributed by atoms with Crippen molar-refractivity contribution in [2.45, 2.75) is 37.8 Å². The SMILES string of the molecule is O=C(O)C(F)(F)F.O=C(c1ccccn1)N1CCc2ncnc(C3CC3)c2CC1. The van der Waals surface area contributed by atoms with E-state index >= 15 is 0 Å². The third kappa shape index (κ3) is 5.27. The van der Waals surface area contributed by atoms with Crippen LogP contribution < -0.4 is 0 Å². The summed E-state index contributed by atoms with van der Waals surface area (Å²) in [4.78, 5) is 36.5. The Labute approximate surface area is 164 Å². The van der Waals surface area contributed by atoms with E-state index < -0.39 is 12.1 Å². The molecule has 154 valence electrons. The van der Waals surface area contributed by atoms with Crippen LogP contribution in [0.2, 0.25) is 0 Å². The molecule has 0 spiro atoms. The second kappa shape index (κ2) is 8.54. The number of amides is 1. The Morgan fingerprint density at radius 3 is 2.34 bits per heavy atom. The van der Waals surface area contributed by atoms with E-state index in [0.29, 0.717) is 18.2 Å². The van der Waals surface area contributed by atoms with Crippen LogP contribution in [-0.2, 0) is 17.6 Å². The molecule has 0 radical (unpaired) electrons. The maximum Gasteiger partial charge on any atom is 0.490 e. The van der Waals surface area contributed by atoms with Gasteiger partial charge in [0.2, 0.25) is 0 Å². The summed E-state index contributed by atoms with van der Waals surface area (Å²) in [7, 11) is 0. The molecule has 1 amide bonds. The van der Waals surface area contributed by atoms with Crippen LogP contribution in [0.4, 0.5) is 13.2 Å². The zero-order chi connectivity index (χ0) is 21.0. The first-order valence-corrected chi connectivity index (χ1v) is 9.10. The molecule has 29 heavy (non-hydrogen) atoms. The summed E-state index contributed by atoms with van der Waals surface area (Å²) >= 11 is 0. The Balaban J connectivity index is 0.000000298. The van der Waals surface area contributed by atoms with Crippen molar-refractivity contribution in [3.63, 3.8) is 0 Å². The summed E-state index contributed by atoms with van der Waals surface area (Å²) in [5.74, 6) is -2.13. The van der Waals surface area contributed by atoms with Gasteiger partial charge < -0.3 is 10.0 Å². The van der Waals surface area contributed by atoms with Crippen molar-refractivity contribution in [2.24, 2.45) is 0 Å². The van der Waals surface area contributed by atoms with Crippen LogP contribution >= 0.6 is 0 Å². The third-order valence-corrected chi connectivity index (χ3v) is 4.70. The van der Waals surface area contributed by atoms with Crippen molar-refractivity contribution in [3.05, 3.63) is 53.4 Å². The number of carbonyl (C=O) groups is 2.